The molecule has 1 aromatic rings. The average molecular weight is 277 g/mol. The number of carbonyl (C=O) groups excluding carboxylic acids is 1. The molecule has 0 aliphatic heterocycles. The Morgan fingerprint density at radius 2 is 2.20 bits per heavy atom. The summed E-state index contributed by atoms with van der Waals surface area (Å²) in [6, 6.07) is 2.69. The van der Waals surface area contributed by atoms with Gasteiger partial charge in [0.1, 0.15) is 5.82 Å². The highest BCUT2D eigenvalue weighted by Gasteiger charge is 2.39. The molecule has 20 heavy (non-hydrogen) atoms. The molecule has 0 amide bonds. The van der Waals surface area contributed by atoms with Gasteiger partial charge in [-0.1, -0.05) is 6.42 Å². The molecule has 108 valence electrons. The Hall–Kier alpha value is -1.58. The van der Waals surface area contributed by atoms with Gasteiger partial charge >= 0.3 is 5.97 Å². The Morgan fingerprint density at radius 1 is 1.40 bits per heavy atom. The van der Waals surface area contributed by atoms with E-state index in [4.69, 9.17) is 10.5 Å². The van der Waals surface area contributed by atoms with Gasteiger partial charge in [0.25, 0.3) is 0 Å². The van der Waals surface area contributed by atoms with Gasteiger partial charge in [0.2, 0.25) is 0 Å². The number of hydrogen-bond donors (Lipinski definition) is 1. The molecule has 0 spiro atoms. The third kappa shape index (κ3) is 2.39. The van der Waals surface area contributed by atoms with Crippen molar-refractivity contribution in [1.82, 2.24) is 0 Å². The van der Waals surface area contributed by atoms with E-state index in [0.717, 1.165) is 5.92 Å². The molecule has 0 aromatic heterocycles. The predicted octanol–water partition coefficient (Wildman–Crippen LogP) is 3.31. The minimum absolute atomic E-state index is 0.203. The summed E-state index contributed by atoms with van der Waals surface area (Å²) >= 11 is 0. The largest absolute Gasteiger partial charge is 0.462 e. The van der Waals surface area contributed by atoms with Crippen molar-refractivity contribution >= 4 is 11.7 Å². The molecule has 0 saturated heterocycles. The van der Waals surface area contributed by atoms with Crippen LogP contribution in [0.2, 0.25) is 0 Å². The number of anilines is 1. The van der Waals surface area contributed by atoms with E-state index >= 15 is 0 Å². The first-order chi connectivity index (χ1) is 9.54. The van der Waals surface area contributed by atoms with Crippen LogP contribution in [0.25, 0.3) is 0 Å². The number of nitrogens with two attached hydrogens (primary N) is 1. The molecule has 2 fully saturated rings. The van der Waals surface area contributed by atoms with Crippen LogP contribution in [0, 0.1) is 30.5 Å². The van der Waals surface area contributed by atoms with Gasteiger partial charge in [-0.05, 0) is 56.1 Å². The van der Waals surface area contributed by atoms with Crippen LogP contribution >= 0.6 is 0 Å². The lowest BCUT2D eigenvalue weighted by Gasteiger charge is -2.21. The molecule has 1 aromatic carbocycles. The average Bonchev–Trinajstić information content (AvgIpc) is 3.04. The fourth-order valence-electron chi connectivity index (χ4n) is 3.66. The molecule has 3 unspecified atom stereocenters. The summed E-state index contributed by atoms with van der Waals surface area (Å²) in [6.07, 6.45) is 5.05. The van der Waals surface area contributed by atoms with E-state index in [0.29, 0.717) is 24.0 Å². The Balaban J connectivity index is 1.62. The lowest BCUT2D eigenvalue weighted by atomic mass is 9.89. The summed E-state index contributed by atoms with van der Waals surface area (Å²) in [7, 11) is 0. The van der Waals surface area contributed by atoms with Gasteiger partial charge in [-0.15, -0.1) is 0 Å². The van der Waals surface area contributed by atoms with Crippen molar-refractivity contribution in [2.45, 2.75) is 32.6 Å². The number of fused-ring (bicyclic) bond motifs is 2. The zero-order chi connectivity index (χ0) is 14.3. The van der Waals surface area contributed by atoms with Gasteiger partial charge in [0, 0.05) is 11.3 Å². The maximum Gasteiger partial charge on any atom is 0.338 e. The van der Waals surface area contributed by atoms with Gasteiger partial charge in [0.05, 0.1) is 12.2 Å². The topological polar surface area (TPSA) is 52.3 Å². The summed E-state index contributed by atoms with van der Waals surface area (Å²) in [5, 5.41) is 0. The minimum Gasteiger partial charge on any atom is -0.462 e. The smallest absolute Gasteiger partial charge is 0.338 e. The lowest BCUT2D eigenvalue weighted by Crippen LogP contribution is -2.19. The fraction of sp³-hybridized carbons (Fsp3) is 0.562. The first kappa shape index (κ1) is 13.4. The zero-order valence-corrected chi connectivity index (χ0v) is 11.7. The van der Waals surface area contributed by atoms with Gasteiger partial charge < -0.3 is 10.5 Å². The maximum atomic E-state index is 13.6. The standard InChI is InChI=1S/C16H20FNO2/c1-9-14(17)6-12(7-15(9)18)16(19)20-8-13-5-10-2-3-11(13)4-10/h6-7,10-11,13H,2-5,8,18H2,1H3. The summed E-state index contributed by atoms with van der Waals surface area (Å²) in [5.41, 5.74) is 6.54. The molecule has 2 saturated carbocycles. The maximum absolute atomic E-state index is 13.6. The van der Waals surface area contributed by atoms with Crippen LogP contribution in [0.4, 0.5) is 10.1 Å². The highest BCUT2D eigenvalue weighted by molar-refractivity contribution is 5.90. The van der Waals surface area contributed by atoms with E-state index in [1.54, 1.807) is 6.92 Å². The molecule has 2 aliphatic rings. The number of carbonyl (C=O) groups is 1. The second kappa shape index (κ2) is 5.08. The third-order valence-corrected chi connectivity index (χ3v) is 4.93. The number of nitrogen functional groups attached to an aromatic ring is 1. The van der Waals surface area contributed by atoms with Crippen molar-refractivity contribution in [2.75, 3.05) is 12.3 Å². The summed E-state index contributed by atoms with van der Waals surface area (Å²) in [6.45, 7) is 2.05. The predicted molar refractivity (Wildman–Crippen MR) is 74.8 cm³/mol. The molecule has 2 aliphatic carbocycles. The summed E-state index contributed by atoms with van der Waals surface area (Å²) in [5.74, 6) is 1.10. The van der Waals surface area contributed by atoms with E-state index in [9.17, 15) is 9.18 Å². The number of halogens is 1. The molecular weight excluding hydrogens is 257 g/mol. The molecule has 2 bridgehead atoms. The van der Waals surface area contributed by atoms with Gasteiger partial charge in [-0.2, -0.15) is 0 Å². The second-order valence-electron chi connectivity index (χ2n) is 6.21. The number of hydrogen-bond acceptors (Lipinski definition) is 3. The van der Waals surface area contributed by atoms with Gasteiger partial charge in [-0.3, -0.25) is 0 Å². The number of ether oxygens (including phenoxy) is 1. The first-order valence-electron chi connectivity index (χ1n) is 7.27. The van der Waals surface area contributed by atoms with Crippen LogP contribution in [-0.2, 0) is 4.74 Å². The molecule has 3 rings (SSSR count). The Morgan fingerprint density at radius 3 is 2.80 bits per heavy atom. The van der Waals surface area contributed by atoms with Crippen molar-refractivity contribution in [3.05, 3.63) is 29.1 Å². The van der Waals surface area contributed by atoms with Crippen molar-refractivity contribution in [3.63, 3.8) is 0 Å². The van der Waals surface area contributed by atoms with E-state index in [2.05, 4.69) is 0 Å². The number of rotatable bonds is 3. The molecule has 3 atom stereocenters. The van der Waals surface area contributed by atoms with Crippen molar-refractivity contribution < 1.29 is 13.9 Å². The van der Waals surface area contributed by atoms with Crippen LogP contribution in [0.5, 0.6) is 0 Å². The summed E-state index contributed by atoms with van der Waals surface area (Å²) < 4.78 is 18.9. The highest BCUT2D eigenvalue weighted by Crippen LogP contribution is 2.48. The van der Waals surface area contributed by atoms with Crippen LogP contribution in [0.1, 0.15) is 41.6 Å². The van der Waals surface area contributed by atoms with E-state index in [1.807, 2.05) is 0 Å². The summed E-state index contributed by atoms with van der Waals surface area (Å²) in [4.78, 5) is 12.0. The third-order valence-electron chi connectivity index (χ3n) is 4.93. The Kier molecular flexibility index (Phi) is 3.40. The number of benzene rings is 1. The SMILES string of the molecule is Cc1c(N)cc(C(=O)OCC2CC3CCC2C3)cc1F. The van der Waals surface area contributed by atoms with Crippen molar-refractivity contribution in [3.8, 4) is 0 Å². The Bertz CT molecular complexity index is 520. The van der Waals surface area contributed by atoms with Crippen molar-refractivity contribution in [1.29, 1.82) is 0 Å². The second-order valence-corrected chi connectivity index (χ2v) is 6.21. The normalized spacial score (nSPS) is 27.8. The van der Waals surface area contributed by atoms with Gasteiger partial charge in [0.15, 0.2) is 0 Å². The molecule has 4 heteroatoms. The number of esters is 1. The molecular formula is C16H20FNO2. The molecule has 0 radical (unpaired) electrons. The monoisotopic (exact) mass is 277 g/mol. The molecule has 2 N–H and O–H groups in total. The van der Waals surface area contributed by atoms with Gasteiger partial charge in [-0.25, -0.2) is 9.18 Å². The highest BCUT2D eigenvalue weighted by atomic mass is 19.1. The quantitative estimate of drug-likeness (QED) is 0.681. The minimum atomic E-state index is -0.474. The zero-order valence-electron chi connectivity index (χ0n) is 11.7. The van der Waals surface area contributed by atoms with E-state index < -0.39 is 11.8 Å². The van der Waals surface area contributed by atoms with Crippen LogP contribution < -0.4 is 5.73 Å². The molecule has 3 nitrogen and oxygen atoms in total. The van der Waals surface area contributed by atoms with Crippen LogP contribution in [0.15, 0.2) is 12.1 Å². The Labute approximate surface area is 118 Å². The lowest BCUT2D eigenvalue weighted by molar-refractivity contribution is 0.0393. The first-order valence-corrected chi connectivity index (χ1v) is 7.27. The van der Waals surface area contributed by atoms with E-state index in [-0.39, 0.29) is 11.3 Å². The van der Waals surface area contributed by atoms with Crippen LogP contribution in [-0.4, -0.2) is 12.6 Å². The van der Waals surface area contributed by atoms with Crippen molar-refractivity contribution in [2.24, 2.45) is 17.8 Å². The fourth-order valence-corrected chi connectivity index (χ4v) is 3.66. The van der Waals surface area contributed by atoms with E-state index in [1.165, 1.54) is 37.8 Å². The van der Waals surface area contributed by atoms with Crippen LogP contribution in [0.3, 0.4) is 0 Å². The molecule has 0 heterocycles.